The molecule has 2 aromatic heterocycles. The minimum Gasteiger partial charge on any atom is -0.481 e. The SMILES string of the molecule is COc1nc2ncnc(N[C@H](C)c3cccc(C(C)F)c3F)c2cc1C1(C#N)CCS(=O)(=O)CC1. The molecule has 0 spiro atoms. The molecule has 0 amide bonds. The van der Waals surface area contributed by atoms with Crippen LogP contribution in [0.2, 0.25) is 0 Å². The van der Waals surface area contributed by atoms with Gasteiger partial charge in [-0.2, -0.15) is 10.2 Å². The van der Waals surface area contributed by atoms with Crippen molar-refractivity contribution in [1.29, 1.82) is 5.26 Å². The summed E-state index contributed by atoms with van der Waals surface area (Å²) in [5.41, 5.74) is -0.117. The molecule has 184 valence electrons. The predicted octanol–water partition coefficient (Wildman–Crippen LogP) is 4.35. The largest absolute Gasteiger partial charge is 0.481 e. The number of nitrogens with zero attached hydrogens (tertiary/aromatic N) is 4. The number of fused-ring (bicyclic) bond motifs is 1. The number of alkyl halides is 1. The maximum atomic E-state index is 14.9. The van der Waals surface area contributed by atoms with Crippen LogP contribution in [0, 0.1) is 17.1 Å². The summed E-state index contributed by atoms with van der Waals surface area (Å²) in [5.74, 6) is -0.330. The average Bonchev–Trinajstić information content (AvgIpc) is 2.84. The highest BCUT2D eigenvalue weighted by Gasteiger charge is 2.42. The summed E-state index contributed by atoms with van der Waals surface area (Å²) in [4.78, 5) is 12.9. The molecule has 11 heteroatoms. The number of sulfone groups is 1. The van der Waals surface area contributed by atoms with Gasteiger partial charge in [0.1, 0.15) is 34.0 Å². The maximum absolute atomic E-state index is 14.9. The van der Waals surface area contributed by atoms with Crippen molar-refractivity contribution in [2.45, 2.75) is 44.3 Å². The molecular weight excluding hydrogens is 476 g/mol. The van der Waals surface area contributed by atoms with Crippen molar-refractivity contribution in [2.24, 2.45) is 0 Å². The van der Waals surface area contributed by atoms with Crippen molar-refractivity contribution in [3.63, 3.8) is 0 Å². The van der Waals surface area contributed by atoms with Gasteiger partial charge in [-0.05, 0) is 32.8 Å². The Morgan fingerprint density at radius 2 is 1.89 bits per heavy atom. The zero-order valence-corrected chi connectivity index (χ0v) is 20.4. The number of aromatic nitrogens is 3. The summed E-state index contributed by atoms with van der Waals surface area (Å²) in [6.45, 7) is 3.00. The molecule has 35 heavy (non-hydrogen) atoms. The van der Waals surface area contributed by atoms with Crippen LogP contribution in [-0.2, 0) is 15.3 Å². The van der Waals surface area contributed by atoms with Gasteiger partial charge in [0.15, 0.2) is 5.65 Å². The van der Waals surface area contributed by atoms with E-state index in [0.717, 1.165) is 0 Å². The van der Waals surface area contributed by atoms with E-state index in [1.165, 1.54) is 26.4 Å². The van der Waals surface area contributed by atoms with E-state index < -0.39 is 33.3 Å². The zero-order valence-electron chi connectivity index (χ0n) is 19.5. The molecule has 1 aliphatic rings. The van der Waals surface area contributed by atoms with Crippen molar-refractivity contribution in [2.75, 3.05) is 23.9 Å². The smallest absolute Gasteiger partial charge is 0.220 e. The van der Waals surface area contributed by atoms with E-state index >= 15 is 0 Å². The lowest BCUT2D eigenvalue weighted by atomic mass is 9.77. The van der Waals surface area contributed by atoms with Gasteiger partial charge in [-0.25, -0.2) is 27.2 Å². The van der Waals surface area contributed by atoms with Gasteiger partial charge in [-0.1, -0.05) is 18.2 Å². The third-order valence-electron chi connectivity index (χ3n) is 6.50. The first-order valence-corrected chi connectivity index (χ1v) is 12.9. The number of benzene rings is 1. The van der Waals surface area contributed by atoms with Crippen molar-refractivity contribution >= 4 is 26.7 Å². The first-order chi connectivity index (χ1) is 16.6. The number of rotatable bonds is 6. The number of halogens is 2. The van der Waals surface area contributed by atoms with E-state index in [4.69, 9.17) is 4.74 Å². The molecule has 0 aliphatic carbocycles. The van der Waals surface area contributed by atoms with Crippen molar-refractivity contribution in [3.8, 4) is 11.9 Å². The second-order valence-corrected chi connectivity index (χ2v) is 11.0. The Morgan fingerprint density at radius 3 is 2.51 bits per heavy atom. The molecular formula is C24H25F2N5O3S. The lowest BCUT2D eigenvalue weighted by Crippen LogP contribution is -2.36. The number of ether oxygens (including phenoxy) is 1. The van der Waals surface area contributed by atoms with E-state index in [2.05, 4.69) is 26.3 Å². The molecule has 1 fully saturated rings. The van der Waals surface area contributed by atoms with E-state index in [-0.39, 0.29) is 41.4 Å². The van der Waals surface area contributed by atoms with E-state index in [0.29, 0.717) is 22.4 Å². The van der Waals surface area contributed by atoms with Gasteiger partial charge in [0.05, 0.1) is 41.5 Å². The second kappa shape index (κ2) is 9.34. The fourth-order valence-electron chi connectivity index (χ4n) is 4.41. The predicted molar refractivity (Wildman–Crippen MR) is 127 cm³/mol. The lowest BCUT2D eigenvalue weighted by molar-refractivity contribution is 0.360. The average molecular weight is 502 g/mol. The molecule has 1 aromatic carbocycles. The molecule has 8 nitrogen and oxygen atoms in total. The minimum atomic E-state index is -3.21. The first kappa shape index (κ1) is 24.7. The fourth-order valence-corrected chi connectivity index (χ4v) is 5.93. The van der Waals surface area contributed by atoms with Gasteiger partial charge in [0, 0.05) is 16.7 Å². The number of hydrogen-bond acceptors (Lipinski definition) is 8. The van der Waals surface area contributed by atoms with E-state index in [1.807, 2.05) is 0 Å². The summed E-state index contributed by atoms with van der Waals surface area (Å²) in [7, 11) is -1.79. The Labute approximate surface area is 202 Å². The lowest BCUT2D eigenvalue weighted by Gasteiger charge is -2.31. The molecule has 3 aromatic rings. The van der Waals surface area contributed by atoms with Crippen LogP contribution in [0.3, 0.4) is 0 Å². The molecule has 0 radical (unpaired) electrons. The van der Waals surface area contributed by atoms with Gasteiger partial charge in [0.25, 0.3) is 0 Å². The second-order valence-electron chi connectivity index (χ2n) is 8.72. The van der Waals surface area contributed by atoms with E-state index in [9.17, 15) is 22.5 Å². The number of hydrogen-bond donors (Lipinski definition) is 1. The van der Waals surface area contributed by atoms with Gasteiger partial charge in [-0.3, -0.25) is 0 Å². The minimum absolute atomic E-state index is 0.0272. The Morgan fingerprint density at radius 1 is 1.20 bits per heavy atom. The van der Waals surface area contributed by atoms with Crippen molar-refractivity contribution in [3.05, 3.63) is 53.1 Å². The van der Waals surface area contributed by atoms with Crippen LogP contribution in [0.1, 0.15) is 55.6 Å². The topological polar surface area (TPSA) is 118 Å². The fraction of sp³-hybridized carbons (Fsp3) is 0.417. The molecule has 1 N–H and O–H groups in total. The first-order valence-electron chi connectivity index (χ1n) is 11.1. The number of nitrogens with one attached hydrogen (secondary N) is 1. The van der Waals surface area contributed by atoms with E-state index in [1.54, 1.807) is 25.1 Å². The number of methoxy groups -OCH3 is 1. The summed E-state index contributed by atoms with van der Waals surface area (Å²) in [5, 5.41) is 13.7. The Bertz CT molecular complexity index is 1410. The summed E-state index contributed by atoms with van der Waals surface area (Å²) in [6, 6.07) is 7.97. The van der Waals surface area contributed by atoms with Gasteiger partial charge in [-0.15, -0.1) is 0 Å². The van der Waals surface area contributed by atoms with Crippen LogP contribution in [0.25, 0.3) is 11.0 Å². The van der Waals surface area contributed by atoms with Crippen molar-refractivity contribution in [1.82, 2.24) is 15.0 Å². The zero-order chi connectivity index (χ0) is 25.4. The van der Waals surface area contributed by atoms with Crippen molar-refractivity contribution < 1.29 is 21.9 Å². The van der Waals surface area contributed by atoms with Crippen LogP contribution in [0.4, 0.5) is 14.6 Å². The van der Waals surface area contributed by atoms with Crippen LogP contribution in [-0.4, -0.2) is 42.0 Å². The Hall–Kier alpha value is -3.39. The highest BCUT2D eigenvalue weighted by atomic mass is 32.2. The highest BCUT2D eigenvalue weighted by Crippen LogP contribution is 2.42. The molecule has 3 heterocycles. The van der Waals surface area contributed by atoms with Gasteiger partial charge in [0.2, 0.25) is 5.88 Å². The third kappa shape index (κ3) is 4.62. The molecule has 2 atom stereocenters. The molecule has 1 unspecified atom stereocenters. The van der Waals surface area contributed by atoms with Gasteiger partial charge >= 0.3 is 0 Å². The monoisotopic (exact) mass is 501 g/mol. The summed E-state index contributed by atoms with van der Waals surface area (Å²) < 4.78 is 58.2. The number of anilines is 1. The molecule has 1 saturated heterocycles. The quantitative estimate of drug-likeness (QED) is 0.530. The molecule has 4 rings (SSSR count). The molecule has 1 aliphatic heterocycles. The van der Waals surface area contributed by atoms with Gasteiger partial charge < -0.3 is 10.1 Å². The summed E-state index contributed by atoms with van der Waals surface area (Å²) >= 11 is 0. The van der Waals surface area contributed by atoms with Crippen LogP contribution < -0.4 is 10.1 Å². The van der Waals surface area contributed by atoms with Crippen LogP contribution in [0.5, 0.6) is 5.88 Å². The standard InChI is InChI=1S/C24H25F2N5O3S/c1-14(25)16-5-4-6-17(20(16)26)15(2)30-21-18-11-19(23(34-3)31-22(18)29-13-28-21)24(12-27)7-9-35(32,33)10-8-24/h4-6,11,13-15H,7-10H2,1-3H3,(H,28,29,30,31)/t14?,15-/m1/s1. The Balaban J connectivity index is 1.79. The molecule has 0 bridgehead atoms. The Kier molecular flexibility index (Phi) is 6.60. The number of pyridine rings is 1. The van der Waals surface area contributed by atoms with Crippen LogP contribution in [0.15, 0.2) is 30.6 Å². The maximum Gasteiger partial charge on any atom is 0.220 e. The highest BCUT2D eigenvalue weighted by molar-refractivity contribution is 7.91. The number of nitriles is 1. The molecule has 0 saturated carbocycles. The normalized spacial score (nSPS) is 18.4. The summed E-state index contributed by atoms with van der Waals surface area (Å²) in [6.07, 6.45) is 0.0685. The van der Waals surface area contributed by atoms with Crippen LogP contribution >= 0.6 is 0 Å². The third-order valence-corrected chi connectivity index (χ3v) is 8.15.